The van der Waals surface area contributed by atoms with Gasteiger partial charge in [0, 0.05) is 23.3 Å². The second-order valence-electron chi connectivity index (χ2n) is 9.60. The maximum absolute atomic E-state index is 13.0. The number of nitrogens with one attached hydrogen (secondary N) is 1. The maximum atomic E-state index is 13.0. The molecule has 3 heterocycles. The van der Waals surface area contributed by atoms with Crippen LogP contribution < -0.4 is 29.0 Å². The van der Waals surface area contributed by atoms with Crippen LogP contribution in [0.5, 0.6) is 29.1 Å². The topological polar surface area (TPSA) is 109 Å². The number of benzene rings is 2. The summed E-state index contributed by atoms with van der Waals surface area (Å²) in [6.45, 7) is 8.77. The first kappa shape index (κ1) is 28.0. The van der Waals surface area contributed by atoms with E-state index in [1.54, 1.807) is 37.4 Å². The first-order valence-electron chi connectivity index (χ1n) is 13.2. The minimum Gasteiger partial charge on any atom is -0.486 e. The van der Waals surface area contributed by atoms with Gasteiger partial charge < -0.3 is 34.1 Å². The molecule has 0 bridgehead atoms. The summed E-state index contributed by atoms with van der Waals surface area (Å²) in [7, 11) is 6.40. The molecule has 0 radical (unpaired) electrons. The van der Waals surface area contributed by atoms with Gasteiger partial charge in [-0.1, -0.05) is 18.2 Å². The van der Waals surface area contributed by atoms with E-state index in [0.29, 0.717) is 76.8 Å². The zero-order valence-corrected chi connectivity index (χ0v) is 23.4. The number of aromatic nitrogens is 2. The van der Waals surface area contributed by atoms with Crippen molar-refractivity contribution >= 4 is 16.6 Å². The van der Waals surface area contributed by atoms with Gasteiger partial charge in [-0.05, 0) is 55.2 Å². The van der Waals surface area contributed by atoms with Gasteiger partial charge in [0.25, 0.3) is 0 Å². The van der Waals surface area contributed by atoms with Crippen molar-refractivity contribution in [3.8, 4) is 29.1 Å². The summed E-state index contributed by atoms with van der Waals surface area (Å²) < 4.78 is 28.9. The molecule has 0 saturated heterocycles. The smallest absolute Gasteiger partial charge is 0.217 e. The average Bonchev–Trinajstić information content (AvgIpc) is 3.02. The summed E-state index contributed by atoms with van der Waals surface area (Å²) in [5, 5.41) is 16.9. The average molecular weight is 557 g/mol. The Morgan fingerprint density at radius 2 is 1.73 bits per heavy atom. The number of para-hydroxylation sites is 1. The van der Waals surface area contributed by atoms with Gasteiger partial charge >= 0.3 is 0 Å². The third kappa shape index (κ3) is 5.29. The Balaban J connectivity index is 1.86. The van der Waals surface area contributed by atoms with E-state index in [1.165, 1.54) is 14.2 Å². The van der Waals surface area contributed by atoms with Crippen LogP contribution in [0.1, 0.15) is 29.0 Å². The number of hydrogen-bond acceptors (Lipinski definition) is 9. The summed E-state index contributed by atoms with van der Waals surface area (Å²) >= 11 is 0. The standard InChI is InChI=1S/C31H32N4O6/c1-32-12-11-31(36,20-17-26(37-3)35-27(18-20)38-4)28(22-7-6-8-25-29(22)41-14-13-40-25)23-16-19-15-21(33-2)9-10-24(19)34-30(23)39-5/h6-10,15-18,28,32,36H,11-14H2,1,3-5H3. The predicted molar refractivity (Wildman–Crippen MR) is 154 cm³/mol. The van der Waals surface area contributed by atoms with E-state index >= 15 is 0 Å². The van der Waals surface area contributed by atoms with E-state index in [9.17, 15) is 5.11 Å². The highest BCUT2D eigenvalue weighted by Gasteiger charge is 2.45. The van der Waals surface area contributed by atoms with E-state index < -0.39 is 11.5 Å². The molecule has 1 aliphatic heterocycles. The van der Waals surface area contributed by atoms with E-state index in [2.05, 4.69) is 15.1 Å². The lowest BCUT2D eigenvalue weighted by atomic mass is 9.71. The van der Waals surface area contributed by atoms with Crippen molar-refractivity contribution in [1.82, 2.24) is 15.3 Å². The van der Waals surface area contributed by atoms with Gasteiger partial charge in [-0.2, -0.15) is 4.98 Å². The normalized spacial score (nSPS) is 14.5. The van der Waals surface area contributed by atoms with E-state index in [-0.39, 0.29) is 6.42 Å². The molecule has 2 atom stereocenters. The van der Waals surface area contributed by atoms with Crippen LogP contribution in [0.3, 0.4) is 0 Å². The summed E-state index contributed by atoms with van der Waals surface area (Å²) in [4.78, 5) is 12.7. The quantitative estimate of drug-likeness (QED) is 0.271. The number of ether oxygens (including phenoxy) is 5. The third-order valence-corrected chi connectivity index (χ3v) is 7.26. The Bertz CT molecular complexity index is 1580. The highest BCUT2D eigenvalue weighted by molar-refractivity contribution is 5.84. The summed E-state index contributed by atoms with van der Waals surface area (Å²) in [6, 6.07) is 16.2. The lowest BCUT2D eigenvalue weighted by Gasteiger charge is -2.39. The second kappa shape index (κ2) is 11.9. The van der Waals surface area contributed by atoms with Crippen LogP contribution in [0.25, 0.3) is 15.7 Å². The van der Waals surface area contributed by atoms with Crippen molar-refractivity contribution < 1.29 is 28.8 Å². The fraction of sp³-hybridized carbons (Fsp3) is 0.323. The predicted octanol–water partition coefficient (Wildman–Crippen LogP) is 4.61. The molecule has 0 aliphatic carbocycles. The Kier molecular flexibility index (Phi) is 8.10. The van der Waals surface area contributed by atoms with Gasteiger partial charge in [0.15, 0.2) is 17.2 Å². The van der Waals surface area contributed by atoms with Crippen LogP contribution >= 0.6 is 0 Å². The maximum Gasteiger partial charge on any atom is 0.217 e. The van der Waals surface area contributed by atoms with Gasteiger partial charge in [-0.15, -0.1) is 0 Å². The van der Waals surface area contributed by atoms with Gasteiger partial charge in [-0.25, -0.2) is 9.83 Å². The fourth-order valence-electron chi connectivity index (χ4n) is 5.32. The number of rotatable bonds is 10. The Morgan fingerprint density at radius 3 is 2.41 bits per heavy atom. The van der Waals surface area contributed by atoms with Crippen molar-refractivity contribution in [2.24, 2.45) is 0 Å². The lowest BCUT2D eigenvalue weighted by molar-refractivity contribution is 0.00856. The number of nitrogens with zero attached hydrogens (tertiary/aromatic N) is 3. The monoisotopic (exact) mass is 556 g/mol. The van der Waals surface area contributed by atoms with E-state index in [1.807, 2.05) is 31.3 Å². The molecule has 5 rings (SSSR count). The van der Waals surface area contributed by atoms with Gasteiger partial charge in [0.05, 0.1) is 39.3 Å². The molecule has 0 fully saturated rings. The molecule has 2 N–H and O–H groups in total. The summed E-state index contributed by atoms with van der Waals surface area (Å²) in [6.07, 6.45) is 0.276. The molecule has 0 saturated carbocycles. The number of pyridine rings is 2. The molecular formula is C31H32N4O6. The molecule has 2 aromatic heterocycles. The van der Waals surface area contributed by atoms with Crippen LogP contribution in [0.4, 0.5) is 5.69 Å². The molecule has 4 aromatic rings. The Hall–Kier alpha value is -4.59. The van der Waals surface area contributed by atoms with Crippen molar-refractivity contribution in [2.45, 2.75) is 17.9 Å². The van der Waals surface area contributed by atoms with Crippen molar-refractivity contribution in [3.05, 3.63) is 82.7 Å². The third-order valence-electron chi connectivity index (χ3n) is 7.26. The van der Waals surface area contributed by atoms with Crippen LogP contribution in [0.2, 0.25) is 0 Å². The Morgan fingerprint density at radius 1 is 0.976 bits per heavy atom. The first-order chi connectivity index (χ1) is 19.9. The number of fused-ring (bicyclic) bond motifs is 2. The molecule has 212 valence electrons. The van der Waals surface area contributed by atoms with E-state index in [0.717, 1.165) is 5.39 Å². The summed E-state index contributed by atoms with van der Waals surface area (Å²) in [5.74, 6) is 1.28. The number of methoxy groups -OCH3 is 3. The molecular weight excluding hydrogens is 524 g/mol. The highest BCUT2D eigenvalue weighted by atomic mass is 16.6. The molecule has 1 aliphatic rings. The van der Waals surface area contributed by atoms with Crippen LogP contribution in [0, 0.1) is 6.57 Å². The van der Waals surface area contributed by atoms with Crippen molar-refractivity contribution in [2.75, 3.05) is 48.1 Å². The van der Waals surface area contributed by atoms with Crippen LogP contribution in [-0.2, 0) is 5.60 Å². The summed E-state index contributed by atoms with van der Waals surface area (Å²) in [5.41, 5.74) is 1.39. The zero-order chi connectivity index (χ0) is 29.0. The minimum absolute atomic E-state index is 0.276. The molecule has 2 aromatic carbocycles. The molecule has 0 amide bonds. The number of aliphatic hydroxyl groups is 1. The molecule has 41 heavy (non-hydrogen) atoms. The van der Waals surface area contributed by atoms with Crippen molar-refractivity contribution in [3.63, 3.8) is 0 Å². The Labute approximate surface area is 238 Å². The van der Waals surface area contributed by atoms with Gasteiger partial charge in [-0.3, -0.25) is 0 Å². The number of hydrogen-bond donors (Lipinski definition) is 2. The molecule has 0 spiro atoms. The van der Waals surface area contributed by atoms with Crippen LogP contribution in [-0.4, -0.2) is 63.2 Å². The minimum atomic E-state index is -1.58. The molecule has 10 heteroatoms. The van der Waals surface area contributed by atoms with E-state index in [4.69, 9.17) is 35.2 Å². The highest BCUT2D eigenvalue weighted by Crippen LogP contribution is 2.52. The fourth-order valence-corrected chi connectivity index (χ4v) is 5.32. The SMILES string of the molecule is [C-]#[N+]c1ccc2nc(OC)c(C(c3cccc4c3OCCO4)C(O)(CCNC)c3cc(OC)nc(OC)c3)cc2c1. The molecule has 2 unspecified atom stereocenters. The van der Waals surface area contributed by atoms with Crippen LogP contribution in [0.15, 0.2) is 54.6 Å². The lowest BCUT2D eigenvalue weighted by Crippen LogP contribution is -2.38. The van der Waals surface area contributed by atoms with Crippen molar-refractivity contribution in [1.29, 1.82) is 0 Å². The zero-order valence-electron chi connectivity index (χ0n) is 23.4. The van der Waals surface area contributed by atoms with Gasteiger partial charge in [0.1, 0.15) is 18.8 Å². The second-order valence-corrected chi connectivity index (χ2v) is 9.60. The first-order valence-corrected chi connectivity index (χ1v) is 13.2. The molecule has 10 nitrogen and oxygen atoms in total. The largest absolute Gasteiger partial charge is 0.486 e. The van der Waals surface area contributed by atoms with Gasteiger partial charge in [0.2, 0.25) is 17.6 Å².